The minimum Gasteiger partial charge on any atom is -0.122 e. The molecule has 4 aromatic carbocycles. The van der Waals surface area contributed by atoms with Gasteiger partial charge >= 0.3 is 0 Å². The fraction of sp³-hybridized carbons (Fsp3) is 0.0769. The summed E-state index contributed by atoms with van der Waals surface area (Å²) >= 11 is 20.6. The van der Waals surface area contributed by atoms with Gasteiger partial charge in [0.05, 0.1) is 6.16 Å². The summed E-state index contributed by atoms with van der Waals surface area (Å²) in [6, 6.07) is 35.5. The van der Waals surface area contributed by atoms with Crippen LogP contribution in [-0.2, 0) is 0 Å². The maximum atomic E-state index is 6.25. The van der Waals surface area contributed by atoms with Crippen molar-refractivity contribution in [3.05, 3.63) is 118 Å². The molecule has 0 heterocycles. The number of rotatable bonds is 7. The number of thioether (sulfide) groups is 1. The first-order valence-corrected chi connectivity index (χ1v) is 14.0. The fourth-order valence-corrected chi connectivity index (χ4v) is 9.81. The van der Waals surface area contributed by atoms with Crippen molar-refractivity contribution >= 4 is 69.7 Å². The summed E-state index contributed by atoms with van der Waals surface area (Å²) in [5.74, 6) is 0.992. The van der Waals surface area contributed by atoms with Crippen LogP contribution in [0, 0.1) is 0 Å². The van der Waals surface area contributed by atoms with Crippen LogP contribution >= 0.6 is 53.8 Å². The molecule has 0 aromatic heterocycles. The van der Waals surface area contributed by atoms with E-state index in [0.29, 0.717) is 0 Å². The van der Waals surface area contributed by atoms with E-state index in [1.165, 1.54) is 20.8 Å². The maximum Gasteiger partial charge on any atom is 0.112 e. The normalized spacial score (nSPS) is 11.5. The lowest BCUT2D eigenvalue weighted by molar-refractivity contribution is 1.43. The van der Waals surface area contributed by atoms with Crippen molar-refractivity contribution in [2.75, 3.05) is 11.9 Å². The Bertz CT molecular complexity index is 1000. The van der Waals surface area contributed by atoms with Crippen LogP contribution in [0.2, 0.25) is 15.1 Å². The Balaban J connectivity index is 1.83. The van der Waals surface area contributed by atoms with Gasteiger partial charge in [0.2, 0.25) is 0 Å². The molecule has 0 N–H and O–H groups in total. The highest BCUT2D eigenvalue weighted by molar-refractivity contribution is 8.01. The van der Waals surface area contributed by atoms with Gasteiger partial charge in [0.1, 0.15) is 23.2 Å². The maximum absolute atomic E-state index is 6.25. The summed E-state index contributed by atoms with van der Waals surface area (Å²) in [7, 11) is -1.95. The van der Waals surface area contributed by atoms with Gasteiger partial charge in [-0.3, -0.25) is 0 Å². The summed E-state index contributed by atoms with van der Waals surface area (Å²) in [6.07, 6.45) is 1.01. The standard InChI is InChI=1S/C26H21Cl3PS/c27-20-6-12-23(13-7-20)30(24-14-8-21(28)9-15-24,25-16-10-22(29)11-17-25)18-19-31-26-4-2-1-3-5-26/h1-17H,18-19H2/q+1. The zero-order valence-electron chi connectivity index (χ0n) is 16.7. The van der Waals surface area contributed by atoms with E-state index in [4.69, 9.17) is 34.8 Å². The molecule has 5 heteroatoms. The van der Waals surface area contributed by atoms with Gasteiger partial charge in [0.25, 0.3) is 0 Å². The van der Waals surface area contributed by atoms with Crippen molar-refractivity contribution in [1.82, 2.24) is 0 Å². The van der Waals surface area contributed by atoms with E-state index in [-0.39, 0.29) is 0 Å². The highest BCUT2D eigenvalue weighted by atomic mass is 35.5. The highest BCUT2D eigenvalue weighted by Crippen LogP contribution is 2.56. The first-order valence-electron chi connectivity index (χ1n) is 9.92. The fourth-order valence-electron chi connectivity index (χ4n) is 3.74. The van der Waals surface area contributed by atoms with Crippen molar-refractivity contribution in [3.63, 3.8) is 0 Å². The number of halogens is 3. The van der Waals surface area contributed by atoms with Gasteiger partial charge in [0.15, 0.2) is 0 Å². The van der Waals surface area contributed by atoms with Crippen LogP contribution in [0.25, 0.3) is 0 Å². The molecular weight excluding hydrogens is 482 g/mol. The largest absolute Gasteiger partial charge is 0.122 e. The van der Waals surface area contributed by atoms with Crippen molar-refractivity contribution in [2.24, 2.45) is 0 Å². The zero-order valence-corrected chi connectivity index (χ0v) is 20.7. The van der Waals surface area contributed by atoms with E-state index in [1.54, 1.807) is 0 Å². The molecular formula is C26H21Cl3PS+. The van der Waals surface area contributed by atoms with Gasteiger partial charge in [-0.25, -0.2) is 0 Å². The lowest BCUT2D eigenvalue weighted by Gasteiger charge is -2.28. The number of hydrogen-bond donors (Lipinski definition) is 0. The average molecular weight is 503 g/mol. The minimum atomic E-state index is -1.95. The Hall–Kier alpha value is -1.47. The monoisotopic (exact) mass is 501 g/mol. The van der Waals surface area contributed by atoms with Gasteiger partial charge in [-0.15, -0.1) is 11.8 Å². The van der Waals surface area contributed by atoms with E-state index >= 15 is 0 Å². The summed E-state index contributed by atoms with van der Waals surface area (Å²) < 4.78 is 0. The molecule has 0 nitrogen and oxygen atoms in total. The van der Waals surface area contributed by atoms with Gasteiger partial charge < -0.3 is 0 Å². The molecule has 0 aliphatic carbocycles. The Labute approximate surface area is 203 Å². The van der Waals surface area contributed by atoms with Gasteiger partial charge in [0, 0.05) is 25.7 Å². The Morgan fingerprint density at radius 2 is 0.903 bits per heavy atom. The second kappa shape index (κ2) is 10.4. The van der Waals surface area contributed by atoms with Gasteiger partial charge in [-0.1, -0.05) is 53.0 Å². The number of benzene rings is 4. The van der Waals surface area contributed by atoms with E-state index in [9.17, 15) is 0 Å². The molecule has 0 aliphatic heterocycles. The quantitative estimate of drug-likeness (QED) is 0.184. The molecule has 0 saturated carbocycles. The summed E-state index contributed by atoms with van der Waals surface area (Å²) in [6.45, 7) is 0. The van der Waals surface area contributed by atoms with Crippen molar-refractivity contribution in [2.45, 2.75) is 4.90 Å². The van der Waals surface area contributed by atoms with Crippen LogP contribution in [-0.4, -0.2) is 11.9 Å². The second-order valence-corrected chi connectivity index (χ2v) is 13.2. The van der Waals surface area contributed by atoms with Crippen molar-refractivity contribution < 1.29 is 0 Å². The van der Waals surface area contributed by atoms with E-state index < -0.39 is 7.26 Å². The van der Waals surface area contributed by atoms with Crippen LogP contribution in [0.5, 0.6) is 0 Å². The van der Waals surface area contributed by atoms with Gasteiger partial charge in [-0.05, 0) is 84.9 Å². The third-order valence-electron chi connectivity index (χ3n) is 5.24. The highest BCUT2D eigenvalue weighted by Gasteiger charge is 2.45. The molecule has 156 valence electrons. The average Bonchev–Trinajstić information content (AvgIpc) is 2.80. The Morgan fingerprint density at radius 1 is 0.516 bits per heavy atom. The number of hydrogen-bond acceptors (Lipinski definition) is 1. The first-order chi connectivity index (χ1) is 15.1. The summed E-state index contributed by atoms with van der Waals surface area (Å²) in [5, 5.41) is 6.13. The molecule has 0 bridgehead atoms. The molecule has 0 saturated heterocycles. The molecule has 0 amide bonds. The smallest absolute Gasteiger partial charge is 0.112 e. The molecule has 0 spiro atoms. The molecule has 0 atom stereocenters. The van der Waals surface area contributed by atoms with Crippen LogP contribution < -0.4 is 15.9 Å². The Morgan fingerprint density at radius 3 is 1.29 bits per heavy atom. The third kappa shape index (κ3) is 5.30. The molecule has 4 aromatic rings. The van der Waals surface area contributed by atoms with Crippen molar-refractivity contribution in [1.29, 1.82) is 0 Å². The van der Waals surface area contributed by atoms with E-state index in [1.807, 2.05) is 48.2 Å². The van der Waals surface area contributed by atoms with E-state index in [2.05, 4.69) is 66.7 Å². The first kappa shape index (κ1) is 22.7. The van der Waals surface area contributed by atoms with Crippen LogP contribution in [0.3, 0.4) is 0 Å². The van der Waals surface area contributed by atoms with Crippen LogP contribution in [0.15, 0.2) is 108 Å². The summed E-state index contributed by atoms with van der Waals surface area (Å²) in [4.78, 5) is 1.28. The Kier molecular flexibility index (Phi) is 7.64. The third-order valence-corrected chi connectivity index (χ3v) is 11.7. The molecule has 0 aliphatic rings. The molecule has 0 unspecified atom stereocenters. The predicted molar refractivity (Wildman–Crippen MR) is 142 cm³/mol. The SMILES string of the molecule is Clc1ccc([P+](CCSc2ccccc2)(c2ccc(Cl)cc2)c2ccc(Cl)cc2)cc1. The summed E-state index contributed by atoms with van der Waals surface area (Å²) in [5.41, 5.74) is 0. The molecule has 0 fully saturated rings. The van der Waals surface area contributed by atoms with Crippen molar-refractivity contribution in [3.8, 4) is 0 Å². The lowest BCUT2D eigenvalue weighted by atomic mass is 10.3. The van der Waals surface area contributed by atoms with Crippen LogP contribution in [0.1, 0.15) is 0 Å². The molecule has 4 rings (SSSR count). The lowest BCUT2D eigenvalue weighted by Crippen LogP contribution is -2.34. The van der Waals surface area contributed by atoms with E-state index in [0.717, 1.165) is 27.0 Å². The molecule has 31 heavy (non-hydrogen) atoms. The zero-order chi connectivity index (χ0) is 21.7. The van der Waals surface area contributed by atoms with Crippen LogP contribution in [0.4, 0.5) is 0 Å². The minimum absolute atomic E-state index is 0.743. The predicted octanol–water partition coefficient (Wildman–Crippen LogP) is 7.73. The topological polar surface area (TPSA) is 0 Å². The van der Waals surface area contributed by atoms with Gasteiger partial charge in [-0.2, -0.15) is 0 Å². The molecule has 0 radical (unpaired) electrons. The second-order valence-electron chi connectivity index (χ2n) is 7.12.